The molecule has 0 aliphatic carbocycles. The third kappa shape index (κ3) is 3.40. The van der Waals surface area contributed by atoms with Gasteiger partial charge in [0.25, 0.3) is 0 Å². The summed E-state index contributed by atoms with van der Waals surface area (Å²) in [7, 11) is 3.76. The largest absolute Gasteiger partial charge is 0.303 e. The predicted octanol–water partition coefficient (Wildman–Crippen LogP) is 1.11. The van der Waals surface area contributed by atoms with Crippen molar-refractivity contribution in [2.75, 3.05) is 14.1 Å². The second kappa shape index (κ2) is 3.24. The smallest absolute Gasteiger partial charge is 0.0568 e. The van der Waals surface area contributed by atoms with Crippen molar-refractivity contribution < 1.29 is 0 Å². The Bertz CT molecular complexity index is 103. The second-order valence-corrected chi connectivity index (χ2v) is 1.79. The predicted molar refractivity (Wildman–Crippen MR) is 37.0 cm³/mol. The molecule has 0 N–H and O–H groups in total. The van der Waals surface area contributed by atoms with Gasteiger partial charge >= 0.3 is 0 Å². The summed E-state index contributed by atoms with van der Waals surface area (Å²) >= 11 is 0. The molecule has 0 aliphatic rings. The first-order chi connectivity index (χ1) is 3.66. The molecule has 2 heteroatoms. The van der Waals surface area contributed by atoms with Crippen LogP contribution in [0.1, 0.15) is 6.92 Å². The lowest BCUT2D eigenvalue weighted by molar-refractivity contribution is 0.438. The Balaban J connectivity index is 3.74. The van der Waals surface area contributed by atoms with E-state index in [0.717, 1.165) is 5.71 Å². The summed E-state index contributed by atoms with van der Waals surface area (Å²) in [5.41, 5.74) is 0.940. The van der Waals surface area contributed by atoms with Crippen LogP contribution in [0.4, 0.5) is 0 Å². The van der Waals surface area contributed by atoms with Gasteiger partial charge in [-0.3, -0.25) is 0 Å². The number of nitrogens with zero attached hydrogens (tertiary/aromatic N) is 2. The molecule has 0 aromatic carbocycles. The Hall–Kier alpha value is -0.790. The van der Waals surface area contributed by atoms with Crippen LogP contribution in [0.25, 0.3) is 0 Å². The molecule has 0 rings (SSSR count). The highest BCUT2D eigenvalue weighted by atomic mass is 15.4. The normalized spacial score (nSPS) is 11.1. The average Bonchev–Trinajstić information content (AvgIpc) is 1.65. The van der Waals surface area contributed by atoms with Crippen molar-refractivity contribution in [1.29, 1.82) is 0 Å². The van der Waals surface area contributed by atoms with E-state index in [1.54, 1.807) is 11.1 Å². The van der Waals surface area contributed by atoms with Crippen LogP contribution in [0.15, 0.2) is 17.8 Å². The molecular weight excluding hydrogens is 100 g/mol. The lowest BCUT2D eigenvalue weighted by Crippen LogP contribution is -2.04. The molecule has 0 radical (unpaired) electrons. The molecule has 0 aromatic heterocycles. The average molecular weight is 112 g/mol. The fourth-order valence-electron chi connectivity index (χ4n) is 0.356. The van der Waals surface area contributed by atoms with Crippen LogP contribution in [0.5, 0.6) is 0 Å². The molecule has 0 atom stereocenters. The highest BCUT2D eigenvalue weighted by molar-refractivity contribution is 5.91. The van der Waals surface area contributed by atoms with Crippen molar-refractivity contribution in [3.8, 4) is 0 Å². The van der Waals surface area contributed by atoms with E-state index in [0.29, 0.717) is 0 Å². The fraction of sp³-hybridized carbons (Fsp3) is 0.500. The molecule has 0 aromatic rings. The zero-order valence-electron chi connectivity index (χ0n) is 5.68. The van der Waals surface area contributed by atoms with Crippen molar-refractivity contribution in [3.63, 3.8) is 0 Å². The Morgan fingerprint density at radius 2 is 2.12 bits per heavy atom. The molecule has 8 heavy (non-hydrogen) atoms. The Morgan fingerprint density at radius 1 is 1.62 bits per heavy atom. The van der Waals surface area contributed by atoms with Crippen LogP contribution in [-0.2, 0) is 0 Å². The molecule has 2 nitrogen and oxygen atoms in total. The van der Waals surface area contributed by atoms with Crippen molar-refractivity contribution >= 4 is 5.71 Å². The van der Waals surface area contributed by atoms with Gasteiger partial charge in [0, 0.05) is 14.1 Å². The van der Waals surface area contributed by atoms with E-state index in [9.17, 15) is 0 Å². The Labute approximate surface area is 50.5 Å². The molecule has 0 bridgehead atoms. The number of hydrogen-bond donors (Lipinski definition) is 0. The number of allylic oxidation sites excluding steroid dienone is 1. The number of rotatable bonds is 2. The van der Waals surface area contributed by atoms with Gasteiger partial charge < -0.3 is 5.01 Å². The maximum absolute atomic E-state index is 4.03. The third-order valence-corrected chi connectivity index (χ3v) is 0.653. The van der Waals surface area contributed by atoms with Crippen LogP contribution >= 0.6 is 0 Å². The molecule has 0 saturated carbocycles. The maximum Gasteiger partial charge on any atom is 0.0568 e. The van der Waals surface area contributed by atoms with Crippen LogP contribution in [0.3, 0.4) is 0 Å². The monoisotopic (exact) mass is 112 g/mol. The van der Waals surface area contributed by atoms with E-state index in [1.165, 1.54) is 0 Å². The quantitative estimate of drug-likeness (QED) is 0.386. The number of hydrazone groups is 1. The van der Waals surface area contributed by atoms with Crippen LogP contribution < -0.4 is 0 Å². The van der Waals surface area contributed by atoms with Crippen LogP contribution in [-0.4, -0.2) is 24.8 Å². The van der Waals surface area contributed by atoms with E-state index in [1.807, 2.05) is 21.0 Å². The van der Waals surface area contributed by atoms with Crippen molar-refractivity contribution in [3.05, 3.63) is 12.7 Å². The first kappa shape index (κ1) is 7.21. The van der Waals surface area contributed by atoms with Crippen molar-refractivity contribution in [2.24, 2.45) is 5.10 Å². The zero-order valence-corrected chi connectivity index (χ0v) is 5.68. The summed E-state index contributed by atoms with van der Waals surface area (Å²) in [4.78, 5) is 0. The maximum atomic E-state index is 4.03. The molecule has 0 fully saturated rings. The zero-order chi connectivity index (χ0) is 6.57. The Kier molecular flexibility index (Phi) is 2.92. The lowest BCUT2D eigenvalue weighted by Gasteiger charge is -2.02. The van der Waals surface area contributed by atoms with Crippen molar-refractivity contribution in [2.45, 2.75) is 6.92 Å². The van der Waals surface area contributed by atoms with E-state index < -0.39 is 0 Å². The van der Waals surface area contributed by atoms with Gasteiger partial charge in [-0.15, -0.1) is 0 Å². The molecule has 0 heterocycles. The summed E-state index contributed by atoms with van der Waals surface area (Å²) in [6.45, 7) is 5.47. The standard InChI is InChI=1S/C6H12N2/c1-5-6(2)7-8(3)4/h5H,1H2,2-4H3/b7-6+. The summed E-state index contributed by atoms with van der Waals surface area (Å²) < 4.78 is 0. The molecule has 0 amide bonds. The van der Waals surface area contributed by atoms with Crippen molar-refractivity contribution in [1.82, 2.24) is 5.01 Å². The SMILES string of the molecule is C=C/C(C)=N/N(C)C. The van der Waals surface area contributed by atoms with Gasteiger partial charge in [0.1, 0.15) is 0 Å². The number of hydrogen-bond acceptors (Lipinski definition) is 2. The minimum atomic E-state index is 0.940. The molecule has 46 valence electrons. The summed E-state index contributed by atoms with van der Waals surface area (Å²) in [6.07, 6.45) is 1.72. The van der Waals surface area contributed by atoms with Crippen LogP contribution in [0.2, 0.25) is 0 Å². The van der Waals surface area contributed by atoms with Gasteiger partial charge in [0.15, 0.2) is 0 Å². The minimum absolute atomic E-state index is 0.940. The lowest BCUT2D eigenvalue weighted by atomic mass is 10.4. The van der Waals surface area contributed by atoms with E-state index in [2.05, 4.69) is 11.7 Å². The third-order valence-electron chi connectivity index (χ3n) is 0.653. The highest BCUT2D eigenvalue weighted by Crippen LogP contribution is 1.80. The molecular formula is C6H12N2. The van der Waals surface area contributed by atoms with Gasteiger partial charge in [0.05, 0.1) is 5.71 Å². The molecule has 0 unspecified atom stereocenters. The molecule has 0 aliphatic heterocycles. The van der Waals surface area contributed by atoms with Gasteiger partial charge in [-0.1, -0.05) is 6.58 Å². The van der Waals surface area contributed by atoms with Gasteiger partial charge in [-0.05, 0) is 13.0 Å². The van der Waals surface area contributed by atoms with E-state index in [4.69, 9.17) is 0 Å². The first-order valence-corrected chi connectivity index (χ1v) is 2.51. The summed E-state index contributed by atoms with van der Waals surface area (Å²) in [5, 5.41) is 5.77. The summed E-state index contributed by atoms with van der Waals surface area (Å²) in [6, 6.07) is 0. The molecule has 0 spiro atoms. The second-order valence-electron chi connectivity index (χ2n) is 1.79. The highest BCUT2D eigenvalue weighted by Gasteiger charge is 1.79. The Morgan fingerprint density at radius 3 is 2.25 bits per heavy atom. The van der Waals surface area contributed by atoms with Gasteiger partial charge in [0.2, 0.25) is 0 Å². The molecule has 0 saturated heterocycles. The van der Waals surface area contributed by atoms with E-state index in [-0.39, 0.29) is 0 Å². The van der Waals surface area contributed by atoms with Gasteiger partial charge in [-0.2, -0.15) is 5.10 Å². The first-order valence-electron chi connectivity index (χ1n) is 2.51. The van der Waals surface area contributed by atoms with Crippen LogP contribution in [0, 0.1) is 0 Å². The van der Waals surface area contributed by atoms with Gasteiger partial charge in [-0.25, -0.2) is 0 Å². The fourth-order valence-corrected chi connectivity index (χ4v) is 0.356. The topological polar surface area (TPSA) is 15.6 Å². The summed E-state index contributed by atoms with van der Waals surface area (Å²) in [5.74, 6) is 0. The minimum Gasteiger partial charge on any atom is -0.303 e. The van der Waals surface area contributed by atoms with E-state index >= 15 is 0 Å².